The molecule has 0 unspecified atom stereocenters. The van der Waals surface area contributed by atoms with Crippen LogP contribution in [0.4, 0.5) is 8.78 Å². The van der Waals surface area contributed by atoms with Crippen LogP contribution in [0, 0.1) is 11.6 Å². The third-order valence-electron chi connectivity index (χ3n) is 1.93. The van der Waals surface area contributed by atoms with Crippen LogP contribution in [0.2, 0.25) is 0 Å². The summed E-state index contributed by atoms with van der Waals surface area (Å²) in [5.74, 6) is -2.08. The first kappa shape index (κ1) is 11.9. The number of halogens is 3. The third kappa shape index (κ3) is 2.89. The second-order valence-corrected chi connectivity index (χ2v) is 3.42. The van der Waals surface area contributed by atoms with Crippen LogP contribution in [0.15, 0.2) is 18.2 Å². The summed E-state index contributed by atoms with van der Waals surface area (Å²) in [5.41, 5.74) is 0.113. The molecule has 1 aromatic carbocycles. The topological polar surface area (TPSA) is 20.3 Å². The molecule has 0 aromatic heterocycles. The molecule has 0 saturated heterocycles. The van der Waals surface area contributed by atoms with Crippen molar-refractivity contribution < 1.29 is 13.6 Å². The maximum atomic E-state index is 12.8. The van der Waals surface area contributed by atoms with Gasteiger partial charge in [0.2, 0.25) is 0 Å². The van der Waals surface area contributed by atoms with E-state index in [0.29, 0.717) is 12.4 Å². The Morgan fingerprint density at radius 1 is 1.40 bits per heavy atom. The fourth-order valence-corrected chi connectivity index (χ4v) is 1.33. The van der Waals surface area contributed by atoms with Gasteiger partial charge in [-0.05, 0) is 18.2 Å². The van der Waals surface area contributed by atoms with E-state index in [0.717, 1.165) is 12.1 Å². The van der Waals surface area contributed by atoms with Gasteiger partial charge in [0.15, 0.2) is 11.6 Å². The van der Waals surface area contributed by atoms with Gasteiger partial charge in [-0.2, -0.15) is 0 Å². The van der Waals surface area contributed by atoms with Crippen molar-refractivity contribution in [1.29, 1.82) is 0 Å². The maximum absolute atomic E-state index is 12.8. The molecule has 0 saturated carbocycles. The Morgan fingerprint density at radius 2 is 2.07 bits per heavy atom. The molecule has 0 aliphatic carbocycles. The fourth-order valence-electron chi connectivity index (χ4n) is 1.08. The number of benzene rings is 1. The van der Waals surface area contributed by atoms with Crippen molar-refractivity contribution in [3.05, 3.63) is 35.4 Å². The van der Waals surface area contributed by atoms with E-state index in [9.17, 15) is 13.6 Å². The van der Waals surface area contributed by atoms with Crippen LogP contribution >= 0.6 is 11.6 Å². The van der Waals surface area contributed by atoms with Gasteiger partial charge in [-0.1, -0.05) is 0 Å². The molecule has 0 aliphatic rings. The first-order chi connectivity index (χ1) is 7.06. The molecule has 0 atom stereocenters. The van der Waals surface area contributed by atoms with E-state index in [1.54, 1.807) is 7.05 Å². The SMILES string of the molecule is CN(CCCl)C(=O)c1ccc(F)c(F)c1. The molecule has 2 nitrogen and oxygen atoms in total. The number of amides is 1. The van der Waals surface area contributed by atoms with Gasteiger partial charge in [-0.3, -0.25) is 4.79 Å². The molecular weight excluding hydrogens is 224 g/mol. The Bertz CT molecular complexity index is 370. The predicted octanol–water partition coefficient (Wildman–Crippen LogP) is 2.28. The molecule has 1 rings (SSSR count). The van der Waals surface area contributed by atoms with Gasteiger partial charge in [-0.15, -0.1) is 11.6 Å². The lowest BCUT2D eigenvalue weighted by molar-refractivity contribution is 0.0802. The van der Waals surface area contributed by atoms with Crippen LogP contribution in [-0.4, -0.2) is 30.3 Å². The van der Waals surface area contributed by atoms with Gasteiger partial charge in [0.1, 0.15) is 0 Å². The lowest BCUT2D eigenvalue weighted by atomic mass is 10.2. The molecule has 5 heteroatoms. The van der Waals surface area contributed by atoms with E-state index >= 15 is 0 Å². The summed E-state index contributed by atoms with van der Waals surface area (Å²) in [6, 6.07) is 3.05. The minimum atomic E-state index is -1.03. The molecule has 15 heavy (non-hydrogen) atoms. The van der Waals surface area contributed by atoms with Crippen molar-refractivity contribution in [3.63, 3.8) is 0 Å². The number of hydrogen-bond donors (Lipinski definition) is 0. The first-order valence-corrected chi connectivity index (χ1v) is 4.86. The predicted molar refractivity (Wildman–Crippen MR) is 54.0 cm³/mol. The van der Waals surface area contributed by atoms with Gasteiger partial charge < -0.3 is 4.90 Å². The van der Waals surface area contributed by atoms with E-state index in [1.807, 2.05) is 0 Å². The van der Waals surface area contributed by atoms with Gasteiger partial charge in [0.05, 0.1) is 0 Å². The van der Waals surface area contributed by atoms with Crippen molar-refractivity contribution in [2.24, 2.45) is 0 Å². The van der Waals surface area contributed by atoms with Crippen molar-refractivity contribution in [3.8, 4) is 0 Å². The van der Waals surface area contributed by atoms with Crippen LogP contribution < -0.4 is 0 Å². The zero-order valence-electron chi connectivity index (χ0n) is 8.14. The number of nitrogens with zero attached hydrogens (tertiary/aromatic N) is 1. The molecule has 1 amide bonds. The molecule has 0 radical (unpaired) electrons. The maximum Gasteiger partial charge on any atom is 0.253 e. The van der Waals surface area contributed by atoms with E-state index in [-0.39, 0.29) is 11.5 Å². The summed E-state index contributed by atoms with van der Waals surface area (Å²) in [7, 11) is 1.55. The number of carbonyl (C=O) groups is 1. The quantitative estimate of drug-likeness (QED) is 0.734. The molecule has 0 heterocycles. The highest BCUT2D eigenvalue weighted by Crippen LogP contribution is 2.10. The second kappa shape index (κ2) is 5.07. The molecule has 0 aliphatic heterocycles. The molecular formula is C10H10ClF2NO. The largest absolute Gasteiger partial charge is 0.341 e. The summed E-state index contributed by atoms with van der Waals surface area (Å²) in [4.78, 5) is 12.9. The lowest BCUT2D eigenvalue weighted by Crippen LogP contribution is -2.28. The second-order valence-electron chi connectivity index (χ2n) is 3.04. The number of carbonyl (C=O) groups excluding carboxylic acids is 1. The van der Waals surface area contributed by atoms with Crippen LogP contribution in [0.5, 0.6) is 0 Å². The smallest absolute Gasteiger partial charge is 0.253 e. The summed E-state index contributed by atoms with van der Waals surface area (Å²) in [6.07, 6.45) is 0. The summed E-state index contributed by atoms with van der Waals surface area (Å²) >= 11 is 5.46. The summed E-state index contributed by atoms with van der Waals surface area (Å²) in [5, 5.41) is 0. The van der Waals surface area contributed by atoms with Crippen LogP contribution in [0.3, 0.4) is 0 Å². The Kier molecular flexibility index (Phi) is 4.03. The van der Waals surface area contributed by atoms with Crippen molar-refractivity contribution in [1.82, 2.24) is 4.90 Å². The average molecular weight is 234 g/mol. The van der Waals surface area contributed by atoms with E-state index in [4.69, 9.17) is 11.6 Å². The Morgan fingerprint density at radius 3 is 2.60 bits per heavy atom. The Balaban J connectivity index is 2.87. The zero-order chi connectivity index (χ0) is 11.4. The summed E-state index contributed by atoms with van der Waals surface area (Å²) in [6.45, 7) is 0.361. The van der Waals surface area contributed by atoms with Crippen molar-refractivity contribution >= 4 is 17.5 Å². The minimum Gasteiger partial charge on any atom is -0.341 e. The van der Waals surface area contributed by atoms with Crippen LogP contribution in [-0.2, 0) is 0 Å². The summed E-state index contributed by atoms with van der Waals surface area (Å²) < 4.78 is 25.4. The highest BCUT2D eigenvalue weighted by Gasteiger charge is 2.13. The highest BCUT2D eigenvalue weighted by molar-refractivity contribution is 6.18. The van der Waals surface area contributed by atoms with Crippen molar-refractivity contribution in [2.75, 3.05) is 19.5 Å². The van der Waals surface area contributed by atoms with E-state index < -0.39 is 11.6 Å². The van der Waals surface area contributed by atoms with Gasteiger partial charge in [-0.25, -0.2) is 8.78 Å². The Hall–Kier alpha value is -1.16. The number of hydrogen-bond acceptors (Lipinski definition) is 1. The first-order valence-electron chi connectivity index (χ1n) is 4.32. The molecule has 0 spiro atoms. The number of rotatable bonds is 3. The monoisotopic (exact) mass is 233 g/mol. The zero-order valence-corrected chi connectivity index (χ0v) is 8.89. The molecule has 0 N–H and O–H groups in total. The van der Waals surface area contributed by atoms with Crippen LogP contribution in [0.25, 0.3) is 0 Å². The fraction of sp³-hybridized carbons (Fsp3) is 0.300. The molecule has 0 bridgehead atoms. The minimum absolute atomic E-state index is 0.113. The Labute approximate surface area is 91.4 Å². The van der Waals surface area contributed by atoms with Gasteiger partial charge in [0.25, 0.3) is 5.91 Å². The van der Waals surface area contributed by atoms with Crippen molar-refractivity contribution in [2.45, 2.75) is 0 Å². The normalized spacial score (nSPS) is 10.1. The molecule has 82 valence electrons. The number of alkyl halides is 1. The van der Waals surface area contributed by atoms with E-state index in [2.05, 4.69) is 0 Å². The van der Waals surface area contributed by atoms with E-state index in [1.165, 1.54) is 11.0 Å². The van der Waals surface area contributed by atoms with Gasteiger partial charge in [0, 0.05) is 25.0 Å². The van der Waals surface area contributed by atoms with Gasteiger partial charge >= 0.3 is 0 Å². The molecule has 1 aromatic rings. The lowest BCUT2D eigenvalue weighted by Gasteiger charge is -2.15. The third-order valence-corrected chi connectivity index (χ3v) is 2.10. The standard InChI is InChI=1S/C10H10ClF2NO/c1-14(5-4-11)10(15)7-2-3-8(12)9(13)6-7/h2-3,6H,4-5H2,1H3. The average Bonchev–Trinajstić information content (AvgIpc) is 2.21. The van der Waals surface area contributed by atoms with Crippen LogP contribution in [0.1, 0.15) is 10.4 Å². The highest BCUT2D eigenvalue weighted by atomic mass is 35.5. The molecule has 0 fully saturated rings.